The van der Waals surface area contributed by atoms with E-state index >= 15 is 0 Å². The minimum absolute atomic E-state index is 0.101. The van der Waals surface area contributed by atoms with Gasteiger partial charge in [0.2, 0.25) is 5.91 Å². The van der Waals surface area contributed by atoms with Crippen LogP contribution in [0.1, 0.15) is 30.0 Å². The van der Waals surface area contributed by atoms with Crippen molar-refractivity contribution < 1.29 is 4.79 Å². The summed E-state index contributed by atoms with van der Waals surface area (Å²) in [7, 11) is 0. The Morgan fingerprint density at radius 2 is 2.19 bits per heavy atom. The highest BCUT2D eigenvalue weighted by Gasteiger charge is 2.20. The van der Waals surface area contributed by atoms with E-state index in [1.54, 1.807) is 11.3 Å². The van der Waals surface area contributed by atoms with Gasteiger partial charge in [0.1, 0.15) is 0 Å². The Kier molecular flexibility index (Phi) is 3.97. The fourth-order valence-corrected chi connectivity index (χ4v) is 3.85. The molecule has 0 bridgehead atoms. The average Bonchev–Trinajstić information content (AvgIpc) is 3.11. The highest BCUT2D eigenvalue weighted by Crippen LogP contribution is 2.34. The van der Waals surface area contributed by atoms with Gasteiger partial charge in [-0.05, 0) is 49.4 Å². The SMILES string of the molecule is CCN(CC)C(=O)/C=C1\c2sccc2CCn2cccc21. The largest absolute Gasteiger partial charge is 0.347 e. The third-order valence-corrected chi connectivity index (χ3v) is 5.05. The van der Waals surface area contributed by atoms with Crippen LogP contribution in [-0.4, -0.2) is 28.5 Å². The van der Waals surface area contributed by atoms with Gasteiger partial charge in [-0.2, -0.15) is 0 Å². The summed E-state index contributed by atoms with van der Waals surface area (Å²) in [4.78, 5) is 15.6. The van der Waals surface area contributed by atoms with Gasteiger partial charge in [-0.1, -0.05) is 0 Å². The maximum atomic E-state index is 12.5. The van der Waals surface area contributed by atoms with E-state index in [4.69, 9.17) is 0 Å². The Morgan fingerprint density at radius 3 is 2.95 bits per heavy atom. The summed E-state index contributed by atoms with van der Waals surface area (Å²) in [5, 5.41) is 2.12. The molecule has 1 aliphatic heterocycles. The highest BCUT2D eigenvalue weighted by atomic mass is 32.1. The summed E-state index contributed by atoms with van der Waals surface area (Å²) in [5.41, 5.74) is 3.57. The van der Waals surface area contributed by atoms with Gasteiger partial charge in [0.05, 0.1) is 0 Å². The van der Waals surface area contributed by atoms with Gasteiger partial charge in [-0.25, -0.2) is 0 Å². The number of carbonyl (C=O) groups excluding carboxylic acids is 1. The number of likely N-dealkylation sites (N-methyl/N-ethyl adjacent to an activating group) is 1. The number of carbonyl (C=O) groups is 1. The van der Waals surface area contributed by atoms with E-state index in [1.165, 1.54) is 10.4 Å². The van der Waals surface area contributed by atoms with Gasteiger partial charge >= 0.3 is 0 Å². The summed E-state index contributed by atoms with van der Waals surface area (Å²) >= 11 is 1.73. The lowest BCUT2D eigenvalue weighted by atomic mass is 10.1. The molecule has 0 fully saturated rings. The Morgan fingerprint density at radius 1 is 1.38 bits per heavy atom. The standard InChI is InChI=1S/C17H20N2OS/c1-3-18(4-2)16(20)12-14-15-6-5-9-19(15)10-7-13-8-11-21-17(13)14/h5-6,8-9,11-12H,3-4,7,10H2,1-2H3/b14-12-. The lowest BCUT2D eigenvalue weighted by molar-refractivity contribution is -0.125. The summed E-state index contributed by atoms with van der Waals surface area (Å²) in [5.74, 6) is 0.101. The second-order valence-electron chi connectivity index (χ2n) is 5.18. The molecule has 0 spiro atoms. The quantitative estimate of drug-likeness (QED) is 0.798. The van der Waals surface area contributed by atoms with Crippen molar-refractivity contribution in [1.29, 1.82) is 0 Å². The van der Waals surface area contributed by atoms with Crippen LogP contribution in [0, 0.1) is 0 Å². The van der Waals surface area contributed by atoms with Crippen molar-refractivity contribution in [2.75, 3.05) is 13.1 Å². The van der Waals surface area contributed by atoms with Crippen LogP contribution in [0.2, 0.25) is 0 Å². The molecule has 0 saturated carbocycles. The first-order chi connectivity index (χ1) is 10.2. The smallest absolute Gasteiger partial charge is 0.247 e. The minimum Gasteiger partial charge on any atom is -0.347 e. The van der Waals surface area contributed by atoms with Crippen LogP contribution in [0.4, 0.5) is 0 Å². The summed E-state index contributed by atoms with van der Waals surface area (Å²) < 4.78 is 2.24. The summed E-state index contributed by atoms with van der Waals surface area (Å²) in [6.45, 7) is 6.51. The predicted molar refractivity (Wildman–Crippen MR) is 87.5 cm³/mol. The molecule has 0 N–H and O–H groups in total. The van der Waals surface area contributed by atoms with Crippen LogP contribution in [0.25, 0.3) is 5.57 Å². The number of rotatable bonds is 3. The number of hydrogen-bond donors (Lipinski definition) is 0. The summed E-state index contributed by atoms with van der Waals surface area (Å²) in [6.07, 6.45) is 4.94. The van der Waals surface area contributed by atoms with Crippen LogP contribution >= 0.6 is 11.3 Å². The molecule has 0 aliphatic carbocycles. The topological polar surface area (TPSA) is 25.2 Å². The summed E-state index contributed by atoms with van der Waals surface area (Å²) in [6, 6.07) is 6.35. The molecule has 1 aliphatic rings. The molecule has 3 heterocycles. The number of fused-ring (bicyclic) bond motifs is 2. The van der Waals surface area contributed by atoms with Crippen LogP contribution in [-0.2, 0) is 17.8 Å². The van der Waals surface area contributed by atoms with Crippen LogP contribution < -0.4 is 0 Å². The molecule has 1 amide bonds. The number of amides is 1. The van der Waals surface area contributed by atoms with Gasteiger partial charge in [-0.15, -0.1) is 11.3 Å². The van der Waals surface area contributed by atoms with E-state index in [-0.39, 0.29) is 5.91 Å². The van der Waals surface area contributed by atoms with E-state index in [1.807, 2.05) is 24.8 Å². The van der Waals surface area contributed by atoms with Crippen molar-refractivity contribution in [1.82, 2.24) is 9.47 Å². The van der Waals surface area contributed by atoms with E-state index in [2.05, 4.69) is 34.3 Å². The first kappa shape index (κ1) is 14.1. The molecule has 0 aromatic carbocycles. The van der Waals surface area contributed by atoms with Crippen molar-refractivity contribution in [2.45, 2.75) is 26.8 Å². The molecular formula is C17H20N2OS. The lowest BCUT2D eigenvalue weighted by Crippen LogP contribution is -2.29. The average molecular weight is 300 g/mol. The van der Waals surface area contributed by atoms with Crippen LogP contribution in [0.15, 0.2) is 35.9 Å². The number of nitrogens with zero attached hydrogens (tertiary/aromatic N) is 2. The van der Waals surface area contributed by atoms with E-state index in [9.17, 15) is 4.79 Å². The number of aryl methyl sites for hydroxylation is 2. The van der Waals surface area contributed by atoms with Crippen molar-refractivity contribution in [3.8, 4) is 0 Å². The van der Waals surface area contributed by atoms with Gasteiger partial charge < -0.3 is 9.47 Å². The fraction of sp³-hybridized carbons (Fsp3) is 0.353. The Bertz CT molecular complexity index is 632. The Hall–Kier alpha value is -1.81. The van der Waals surface area contributed by atoms with E-state index < -0.39 is 0 Å². The zero-order chi connectivity index (χ0) is 14.8. The normalized spacial score (nSPS) is 15.4. The molecule has 0 atom stereocenters. The zero-order valence-electron chi connectivity index (χ0n) is 12.5. The molecule has 4 heteroatoms. The monoisotopic (exact) mass is 300 g/mol. The second-order valence-corrected chi connectivity index (χ2v) is 6.10. The molecule has 3 rings (SSSR count). The third-order valence-electron chi connectivity index (χ3n) is 4.06. The van der Waals surface area contributed by atoms with Gasteiger partial charge in [0, 0.05) is 48.1 Å². The molecule has 3 nitrogen and oxygen atoms in total. The predicted octanol–water partition coefficient (Wildman–Crippen LogP) is 3.41. The fourth-order valence-electron chi connectivity index (χ4n) is 2.87. The van der Waals surface area contributed by atoms with E-state index in [0.717, 1.165) is 37.3 Å². The first-order valence-corrected chi connectivity index (χ1v) is 8.35. The van der Waals surface area contributed by atoms with E-state index in [0.29, 0.717) is 0 Å². The third kappa shape index (κ3) is 2.56. The second kappa shape index (κ2) is 5.90. The lowest BCUT2D eigenvalue weighted by Gasteiger charge is -2.17. The first-order valence-electron chi connectivity index (χ1n) is 7.47. The number of thiophene rings is 1. The molecule has 2 aromatic heterocycles. The van der Waals surface area contributed by atoms with Gasteiger partial charge in [0.25, 0.3) is 0 Å². The highest BCUT2D eigenvalue weighted by molar-refractivity contribution is 7.11. The Labute approximate surface area is 129 Å². The zero-order valence-corrected chi connectivity index (χ0v) is 13.3. The Balaban J connectivity index is 2.09. The maximum absolute atomic E-state index is 12.5. The van der Waals surface area contributed by atoms with Crippen molar-refractivity contribution in [2.24, 2.45) is 0 Å². The number of hydrogen-bond acceptors (Lipinski definition) is 2. The molecule has 0 radical (unpaired) electrons. The molecular weight excluding hydrogens is 280 g/mol. The molecule has 110 valence electrons. The number of aromatic nitrogens is 1. The van der Waals surface area contributed by atoms with Crippen molar-refractivity contribution in [3.63, 3.8) is 0 Å². The van der Waals surface area contributed by atoms with Crippen molar-refractivity contribution in [3.05, 3.63) is 52.0 Å². The molecule has 0 unspecified atom stereocenters. The van der Waals surface area contributed by atoms with Crippen LogP contribution in [0.5, 0.6) is 0 Å². The maximum Gasteiger partial charge on any atom is 0.247 e. The minimum atomic E-state index is 0.101. The van der Waals surface area contributed by atoms with Crippen molar-refractivity contribution >= 4 is 22.8 Å². The van der Waals surface area contributed by atoms with Gasteiger partial charge in [-0.3, -0.25) is 4.79 Å². The molecule has 21 heavy (non-hydrogen) atoms. The molecule has 2 aromatic rings. The van der Waals surface area contributed by atoms with Gasteiger partial charge in [0.15, 0.2) is 0 Å². The molecule has 0 saturated heterocycles. The van der Waals surface area contributed by atoms with Crippen LogP contribution in [0.3, 0.4) is 0 Å².